The van der Waals surface area contributed by atoms with Crippen molar-refractivity contribution in [1.29, 1.82) is 0 Å². The summed E-state index contributed by atoms with van der Waals surface area (Å²) in [6.07, 6.45) is 5.27. The predicted octanol–water partition coefficient (Wildman–Crippen LogP) is 0.489. The summed E-state index contributed by atoms with van der Waals surface area (Å²) in [5.41, 5.74) is 4.38. The van der Waals surface area contributed by atoms with Gasteiger partial charge in [0.25, 0.3) is 0 Å². The molecule has 5 aliphatic rings. The zero-order valence-corrected chi connectivity index (χ0v) is 23.0. The van der Waals surface area contributed by atoms with Crippen LogP contribution >= 0.6 is 0 Å². The second-order valence-electron chi connectivity index (χ2n) is 13.0. The quantitative estimate of drug-likeness (QED) is 0.391. The van der Waals surface area contributed by atoms with Crippen LogP contribution in [0.1, 0.15) is 53.6 Å². The molecule has 10 heteroatoms. The van der Waals surface area contributed by atoms with Gasteiger partial charge in [0.1, 0.15) is 5.75 Å². The Morgan fingerprint density at radius 1 is 1.02 bits per heavy atom. The number of nitrogens with zero attached hydrogens (tertiary/aromatic N) is 2. The van der Waals surface area contributed by atoms with Gasteiger partial charge in [-0.25, -0.2) is 0 Å². The van der Waals surface area contributed by atoms with Crippen LogP contribution in [-0.4, -0.2) is 87.9 Å². The number of likely N-dealkylation sites (N-methyl/N-ethyl adjacent to an activating group) is 1. The normalized spacial score (nSPS) is 33.7. The third-order valence-electron chi connectivity index (χ3n) is 9.86. The van der Waals surface area contributed by atoms with E-state index in [0.717, 1.165) is 18.7 Å². The highest BCUT2D eigenvalue weighted by molar-refractivity contribution is 6.32. The average molecular weight is 552 g/mol. The minimum Gasteiger partial charge on any atom is -0.507 e. The summed E-state index contributed by atoms with van der Waals surface area (Å²) >= 11 is 0. The molecule has 5 aliphatic carbocycles. The van der Waals surface area contributed by atoms with Gasteiger partial charge in [0.2, 0.25) is 5.91 Å². The van der Waals surface area contributed by atoms with Crippen LogP contribution in [0.4, 0.5) is 0 Å². The van der Waals surface area contributed by atoms with Gasteiger partial charge in [-0.05, 0) is 87.6 Å². The first-order valence-electron chi connectivity index (χ1n) is 14.3. The van der Waals surface area contributed by atoms with Crippen molar-refractivity contribution in [2.45, 2.75) is 56.7 Å². The summed E-state index contributed by atoms with van der Waals surface area (Å²) in [6, 6.07) is 2.24. The number of benzene rings is 1. The lowest BCUT2D eigenvalue weighted by Gasteiger charge is -2.52. The van der Waals surface area contributed by atoms with E-state index in [0.29, 0.717) is 30.4 Å². The topological polar surface area (TPSA) is 158 Å². The fourth-order valence-corrected chi connectivity index (χ4v) is 7.59. The van der Waals surface area contributed by atoms with Gasteiger partial charge in [-0.15, -0.1) is 0 Å². The highest BCUT2D eigenvalue weighted by Crippen LogP contribution is 2.51. The predicted molar refractivity (Wildman–Crippen MR) is 142 cm³/mol. The lowest BCUT2D eigenvalue weighted by atomic mass is 9.52. The number of phenols is 1. The number of carbonyl (C=O) groups is 5. The summed E-state index contributed by atoms with van der Waals surface area (Å²) in [4.78, 5) is 70.6. The Hall–Kier alpha value is -2.95. The third-order valence-corrected chi connectivity index (χ3v) is 9.86. The lowest BCUT2D eigenvalue weighted by molar-refractivity contribution is -0.181. The average Bonchev–Trinajstić information content (AvgIpc) is 3.80. The fraction of sp³-hybridized carbons (Fsp3) is 0.633. The van der Waals surface area contributed by atoms with Gasteiger partial charge >= 0.3 is 0 Å². The molecule has 1 amide bonds. The molecule has 0 saturated heterocycles. The number of hydrogen-bond donors (Lipinski definition) is 3. The first-order valence-corrected chi connectivity index (χ1v) is 14.3. The van der Waals surface area contributed by atoms with Crippen molar-refractivity contribution >= 4 is 29.0 Å². The molecule has 4 saturated carbocycles. The number of primary amides is 1. The Balaban J connectivity index is 1.38. The van der Waals surface area contributed by atoms with Crippen LogP contribution in [0.3, 0.4) is 0 Å². The molecule has 0 spiro atoms. The Labute approximate surface area is 232 Å². The number of Topliss-reactive ketones (excluding diaryl/α,β-unsaturated/α-hetero) is 4. The first kappa shape index (κ1) is 27.2. The van der Waals surface area contributed by atoms with E-state index < -0.39 is 64.4 Å². The fourth-order valence-electron chi connectivity index (χ4n) is 7.59. The molecule has 3 unspecified atom stereocenters. The maximum atomic E-state index is 14.0. The van der Waals surface area contributed by atoms with E-state index in [4.69, 9.17) is 5.73 Å². The third kappa shape index (κ3) is 4.23. The van der Waals surface area contributed by atoms with Gasteiger partial charge in [-0.1, -0.05) is 6.07 Å². The van der Waals surface area contributed by atoms with Crippen LogP contribution in [0.2, 0.25) is 0 Å². The van der Waals surface area contributed by atoms with Crippen molar-refractivity contribution in [3.05, 3.63) is 28.8 Å². The van der Waals surface area contributed by atoms with Crippen LogP contribution in [0.25, 0.3) is 0 Å². The van der Waals surface area contributed by atoms with E-state index in [9.17, 15) is 34.2 Å². The van der Waals surface area contributed by atoms with Crippen molar-refractivity contribution < 1.29 is 34.2 Å². The van der Waals surface area contributed by atoms with E-state index in [1.165, 1.54) is 36.6 Å². The molecule has 6 atom stereocenters. The van der Waals surface area contributed by atoms with Gasteiger partial charge in [-0.2, -0.15) is 0 Å². The second-order valence-corrected chi connectivity index (χ2v) is 13.0. The highest BCUT2D eigenvalue weighted by Gasteiger charge is 2.69. The monoisotopic (exact) mass is 551 g/mol. The molecular weight excluding hydrogens is 514 g/mol. The second kappa shape index (κ2) is 9.56. The molecule has 4 N–H and O–H groups in total. The molecule has 214 valence electrons. The molecular formula is C30H37N3O7. The van der Waals surface area contributed by atoms with Crippen LogP contribution in [0, 0.1) is 35.5 Å². The summed E-state index contributed by atoms with van der Waals surface area (Å²) < 4.78 is 0. The molecule has 0 aliphatic heterocycles. The Bertz CT molecular complexity index is 1300. The standard InChI is InChI=1S/C30H37N3O7/c1-32(2)24-19-10-17-9-18-16(13-33(11-14-3-4-14)12-15-5-6-15)7-8-20(34)22(18)25(35)21(17)27(37)30(19,40)28(38)23(26(24)36)29(31)39/h7-8,14-15,17,19,21,23-24,34,40H,3-6,9-13H2,1-2H3,(H2,31,39)/t17-,19-,21?,23?,24?,30-/m0/s1. The number of phenolic OH excluding ortho intramolecular Hbond substituents is 1. The summed E-state index contributed by atoms with van der Waals surface area (Å²) in [5, 5.41) is 22.5. The zero-order valence-electron chi connectivity index (χ0n) is 23.0. The van der Waals surface area contributed by atoms with Crippen molar-refractivity contribution in [3.8, 4) is 5.75 Å². The van der Waals surface area contributed by atoms with E-state index >= 15 is 0 Å². The molecule has 1 aromatic rings. The van der Waals surface area contributed by atoms with E-state index in [1.807, 2.05) is 6.07 Å². The molecule has 4 fully saturated rings. The van der Waals surface area contributed by atoms with Gasteiger partial charge in [0, 0.05) is 25.6 Å². The summed E-state index contributed by atoms with van der Waals surface area (Å²) in [5.74, 6) is -8.70. The molecule has 0 heterocycles. The Kier molecular flexibility index (Phi) is 6.51. The first-order chi connectivity index (χ1) is 18.9. The van der Waals surface area contributed by atoms with Crippen LogP contribution in [0.15, 0.2) is 12.1 Å². The highest BCUT2D eigenvalue weighted by atomic mass is 16.3. The van der Waals surface area contributed by atoms with Gasteiger partial charge in [-0.3, -0.25) is 33.8 Å². The Morgan fingerprint density at radius 2 is 1.65 bits per heavy atom. The number of nitrogens with two attached hydrogens (primary N) is 1. The molecule has 40 heavy (non-hydrogen) atoms. The van der Waals surface area contributed by atoms with Crippen LogP contribution in [-0.2, 0) is 32.1 Å². The molecule has 0 bridgehead atoms. The smallest absolute Gasteiger partial charge is 0.235 e. The van der Waals surface area contributed by atoms with E-state index in [1.54, 1.807) is 14.1 Å². The number of fused-ring (bicyclic) bond motifs is 3. The number of carbonyl (C=O) groups excluding carboxylic acids is 5. The Morgan fingerprint density at radius 3 is 2.20 bits per heavy atom. The van der Waals surface area contributed by atoms with Crippen LogP contribution in [0.5, 0.6) is 5.75 Å². The minimum atomic E-state index is -2.70. The molecule has 10 nitrogen and oxygen atoms in total. The molecule has 6 rings (SSSR count). The number of aromatic hydroxyl groups is 1. The summed E-state index contributed by atoms with van der Waals surface area (Å²) in [6.45, 7) is 2.63. The molecule has 0 radical (unpaired) electrons. The number of rotatable bonds is 8. The maximum absolute atomic E-state index is 14.0. The van der Waals surface area contributed by atoms with E-state index in [-0.39, 0.29) is 17.7 Å². The summed E-state index contributed by atoms with van der Waals surface area (Å²) in [7, 11) is 3.17. The molecule has 1 aromatic carbocycles. The number of hydrogen-bond acceptors (Lipinski definition) is 9. The minimum absolute atomic E-state index is 0.0624. The number of amides is 1. The van der Waals surface area contributed by atoms with Crippen LogP contribution < -0.4 is 5.73 Å². The largest absolute Gasteiger partial charge is 0.507 e. The number of aliphatic hydroxyl groups is 1. The number of ketones is 4. The SMILES string of the molecule is CN(C)C1C(=O)C(C(N)=O)C(=O)[C@@]2(O)C(=O)C3C(=O)c4c(O)ccc(CN(CC5CC5)CC5CC5)c4C[C@H]3C[C@@H]12. The van der Waals surface area contributed by atoms with Crippen molar-refractivity contribution in [3.63, 3.8) is 0 Å². The van der Waals surface area contributed by atoms with Crippen molar-refractivity contribution in [2.24, 2.45) is 41.2 Å². The maximum Gasteiger partial charge on any atom is 0.235 e. The zero-order chi connectivity index (χ0) is 28.7. The lowest BCUT2D eigenvalue weighted by Crippen LogP contribution is -2.74. The van der Waals surface area contributed by atoms with Gasteiger partial charge < -0.3 is 15.9 Å². The van der Waals surface area contributed by atoms with Gasteiger partial charge in [0.15, 0.2) is 34.7 Å². The van der Waals surface area contributed by atoms with Crippen molar-refractivity contribution in [1.82, 2.24) is 9.80 Å². The molecule has 0 aromatic heterocycles. The van der Waals surface area contributed by atoms with Gasteiger partial charge in [0.05, 0.1) is 17.5 Å². The van der Waals surface area contributed by atoms with E-state index in [2.05, 4.69) is 4.90 Å². The van der Waals surface area contributed by atoms with Crippen molar-refractivity contribution in [2.75, 3.05) is 27.2 Å².